The van der Waals surface area contributed by atoms with Crippen LogP contribution in [0.4, 0.5) is 11.4 Å². The molecule has 0 aliphatic carbocycles. The molecule has 3 aromatic rings. The van der Waals surface area contributed by atoms with E-state index in [1.165, 1.54) is 30.8 Å². The first kappa shape index (κ1) is 17.5. The number of rotatable bonds is 6. The monoisotopic (exact) mass is 368 g/mol. The minimum Gasteiger partial charge on any atom is -0.494 e. The number of amides is 2. The highest BCUT2D eigenvalue weighted by atomic mass is 32.1. The van der Waals surface area contributed by atoms with Gasteiger partial charge in [0, 0.05) is 17.8 Å². The lowest BCUT2D eigenvalue weighted by Crippen LogP contribution is -2.12. The highest BCUT2D eigenvalue weighted by molar-refractivity contribution is 7.12. The Kier molecular flexibility index (Phi) is 5.50. The van der Waals surface area contributed by atoms with E-state index in [0.717, 1.165) is 0 Å². The molecule has 0 saturated heterocycles. The average Bonchev–Trinajstić information content (AvgIpc) is 3.35. The molecule has 132 valence electrons. The van der Waals surface area contributed by atoms with Crippen molar-refractivity contribution in [3.05, 3.63) is 70.8 Å². The predicted octanol–water partition coefficient (Wildman–Crippen LogP) is 4.25. The van der Waals surface area contributed by atoms with Crippen LogP contribution in [-0.2, 0) is 4.79 Å². The summed E-state index contributed by atoms with van der Waals surface area (Å²) >= 11 is 1.35. The van der Waals surface area contributed by atoms with Crippen molar-refractivity contribution in [2.24, 2.45) is 0 Å². The second-order valence-electron chi connectivity index (χ2n) is 5.18. The van der Waals surface area contributed by atoms with Gasteiger partial charge in [0.15, 0.2) is 0 Å². The Balaban J connectivity index is 1.68. The minimum atomic E-state index is -0.307. The molecule has 0 aliphatic heterocycles. The summed E-state index contributed by atoms with van der Waals surface area (Å²) in [6, 6.07) is 12.0. The van der Waals surface area contributed by atoms with Crippen LogP contribution in [0, 0.1) is 0 Å². The molecule has 0 atom stereocenters. The first-order valence-corrected chi connectivity index (χ1v) is 8.59. The largest absolute Gasteiger partial charge is 0.494 e. The van der Waals surface area contributed by atoms with Gasteiger partial charge in [0.05, 0.1) is 23.9 Å². The molecular weight excluding hydrogens is 352 g/mol. The second-order valence-corrected chi connectivity index (χ2v) is 6.13. The molecule has 0 saturated carbocycles. The number of nitrogens with one attached hydrogen (secondary N) is 2. The maximum absolute atomic E-state index is 12.2. The predicted molar refractivity (Wildman–Crippen MR) is 102 cm³/mol. The van der Waals surface area contributed by atoms with Gasteiger partial charge in [-0.2, -0.15) is 0 Å². The maximum atomic E-state index is 12.2. The van der Waals surface area contributed by atoms with E-state index in [1.54, 1.807) is 42.5 Å². The summed E-state index contributed by atoms with van der Waals surface area (Å²) in [4.78, 5) is 24.7. The highest BCUT2D eigenvalue weighted by Gasteiger charge is 2.11. The van der Waals surface area contributed by atoms with Gasteiger partial charge in [-0.25, -0.2) is 0 Å². The van der Waals surface area contributed by atoms with E-state index in [9.17, 15) is 9.59 Å². The maximum Gasteiger partial charge on any atom is 0.265 e. The number of hydrogen-bond acceptors (Lipinski definition) is 5. The van der Waals surface area contributed by atoms with Crippen molar-refractivity contribution in [3.8, 4) is 5.75 Å². The molecule has 7 heteroatoms. The van der Waals surface area contributed by atoms with Gasteiger partial charge < -0.3 is 19.8 Å². The Hall–Kier alpha value is -3.32. The quantitative estimate of drug-likeness (QED) is 0.637. The molecule has 26 heavy (non-hydrogen) atoms. The fourth-order valence-electron chi connectivity index (χ4n) is 2.19. The second kappa shape index (κ2) is 8.17. The van der Waals surface area contributed by atoms with Gasteiger partial charge in [0.2, 0.25) is 5.91 Å². The number of hydrogen-bond donors (Lipinski definition) is 2. The van der Waals surface area contributed by atoms with Crippen molar-refractivity contribution >= 4 is 40.6 Å². The third kappa shape index (κ3) is 4.40. The van der Waals surface area contributed by atoms with Gasteiger partial charge >= 0.3 is 0 Å². The van der Waals surface area contributed by atoms with Crippen LogP contribution in [0.15, 0.2) is 64.6 Å². The molecule has 0 unspecified atom stereocenters. The molecule has 1 aromatic carbocycles. The number of ether oxygens (including phenoxy) is 1. The van der Waals surface area contributed by atoms with Crippen molar-refractivity contribution < 1.29 is 18.7 Å². The number of carbonyl (C=O) groups is 2. The molecular formula is C19H16N2O4S. The van der Waals surface area contributed by atoms with E-state index in [4.69, 9.17) is 9.15 Å². The summed E-state index contributed by atoms with van der Waals surface area (Å²) in [5, 5.41) is 7.36. The average molecular weight is 368 g/mol. The van der Waals surface area contributed by atoms with Crippen LogP contribution in [0.2, 0.25) is 0 Å². The van der Waals surface area contributed by atoms with Crippen LogP contribution in [0.5, 0.6) is 5.75 Å². The first-order chi connectivity index (χ1) is 12.7. The Morgan fingerprint density at radius 3 is 2.73 bits per heavy atom. The highest BCUT2D eigenvalue weighted by Crippen LogP contribution is 2.28. The van der Waals surface area contributed by atoms with Gasteiger partial charge in [-0.05, 0) is 41.8 Å². The minimum absolute atomic E-state index is 0.212. The number of furan rings is 1. The number of methoxy groups -OCH3 is 1. The van der Waals surface area contributed by atoms with Crippen LogP contribution in [-0.4, -0.2) is 18.9 Å². The number of thiophene rings is 1. The van der Waals surface area contributed by atoms with Crippen molar-refractivity contribution in [2.45, 2.75) is 0 Å². The smallest absolute Gasteiger partial charge is 0.265 e. The zero-order valence-corrected chi connectivity index (χ0v) is 14.7. The fraction of sp³-hybridized carbons (Fsp3) is 0.0526. The van der Waals surface area contributed by atoms with Gasteiger partial charge in [0.25, 0.3) is 5.91 Å². The van der Waals surface area contributed by atoms with Crippen LogP contribution < -0.4 is 15.4 Å². The normalized spacial score (nSPS) is 10.7. The van der Waals surface area contributed by atoms with E-state index >= 15 is 0 Å². The van der Waals surface area contributed by atoms with Crippen molar-refractivity contribution in [1.29, 1.82) is 0 Å². The van der Waals surface area contributed by atoms with Crippen LogP contribution >= 0.6 is 11.3 Å². The van der Waals surface area contributed by atoms with Crippen LogP contribution in [0.25, 0.3) is 6.08 Å². The van der Waals surface area contributed by atoms with Gasteiger partial charge in [-0.3, -0.25) is 9.59 Å². The summed E-state index contributed by atoms with van der Waals surface area (Å²) in [5.74, 6) is 0.516. The molecule has 0 aliphatic rings. The fourth-order valence-corrected chi connectivity index (χ4v) is 2.81. The molecule has 0 spiro atoms. The summed E-state index contributed by atoms with van der Waals surface area (Å²) < 4.78 is 10.4. The first-order valence-electron chi connectivity index (χ1n) is 7.71. The lowest BCUT2D eigenvalue weighted by molar-refractivity contribution is -0.111. The van der Waals surface area contributed by atoms with E-state index in [1.807, 2.05) is 11.4 Å². The Bertz CT molecular complexity index is 915. The van der Waals surface area contributed by atoms with Gasteiger partial charge in [-0.15, -0.1) is 11.3 Å². The van der Waals surface area contributed by atoms with E-state index in [0.29, 0.717) is 27.8 Å². The van der Waals surface area contributed by atoms with E-state index in [2.05, 4.69) is 10.6 Å². The zero-order chi connectivity index (χ0) is 18.4. The molecule has 0 radical (unpaired) electrons. The Morgan fingerprint density at radius 1 is 1.15 bits per heavy atom. The lowest BCUT2D eigenvalue weighted by Gasteiger charge is -2.11. The Morgan fingerprint density at radius 2 is 2.04 bits per heavy atom. The molecule has 3 rings (SSSR count). The standard InChI is InChI=1S/C19H16N2O4S/c1-24-16-12-13(20-18(22)9-7-14-4-2-10-25-14)6-8-15(16)21-19(23)17-5-3-11-26-17/h2-12H,1H3,(H,20,22)(H,21,23)/b9-7+. The molecule has 2 heterocycles. The number of benzene rings is 1. The van der Waals surface area contributed by atoms with Crippen LogP contribution in [0.1, 0.15) is 15.4 Å². The third-order valence-electron chi connectivity index (χ3n) is 3.40. The lowest BCUT2D eigenvalue weighted by atomic mass is 10.2. The van der Waals surface area contributed by atoms with Crippen molar-refractivity contribution in [1.82, 2.24) is 0 Å². The zero-order valence-electron chi connectivity index (χ0n) is 13.9. The van der Waals surface area contributed by atoms with Crippen molar-refractivity contribution in [2.75, 3.05) is 17.7 Å². The Labute approximate surface area is 154 Å². The van der Waals surface area contributed by atoms with Crippen molar-refractivity contribution in [3.63, 3.8) is 0 Å². The number of anilines is 2. The summed E-state index contributed by atoms with van der Waals surface area (Å²) in [7, 11) is 1.50. The molecule has 6 nitrogen and oxygen atoms in total. The summed E-state index contributed by atoms with van der Waals surface area (Å²) in [6.07, 6.45) is 4.48. The molecule has 2 N–H and O–H groups in total. The number of carbonyl (C=O) groups excluding carboxylic acids is 2. The third-order valence-corrected chi connectivity index (χ3v) is 4.27. The molecule has 2 amide bonds. The molecule has 0 bridgehead atoms. The molecule has 2 aromatic heterocycles. The van der Waals surface area contributed by atoms with Gasteiger partial charge in [-0.1, -0.05) is 6.07 Å². The summed E-state index contributed by atoms with van der Waals surface area (Å²) in [6.45, 7) is 0. The SMILES string of the molecule is COc1cc(NC(=O)/C=C/c2ccco2)ccc1NC(=O)c1cccs1. The topological polar surface area (TPSA) is 80.6 Å². The summed E-state index contributed by atoms with van der Waals surface area (Å²) in [5.41, 5.74) is 1.07. The van der Waals surface area contributed by atoms with E-state index < -0.39 is 0 Å². The van der Waals surface area contributed by atoms with Crippen LogP contribution in [0.3, 0.4) is 0 Å². The van der Waals surface area contributed by atoms with E-state index in [-0.39, 0.29) is 11.8 Å². The molecule has 0 fully saturated rings. The van der Waals surface area contributed by atoms with Gasteiger partial charge in [0.1, 0.15) is 11.5 Å².